The van der Waals surface area contributed by atoms with Gasteiger partial charge in [0.25, 0.3) is 0 Å². The average Bonchev–Trinajstić information content (AvgIpc) is 2.46. The number of hydrogen-bond donors (Lipinski definition) is 1. The van der Waals surface area contributed by atoms with E-state index in [2.05, 4.69) is 36.5 Å². The summed E-state index contributed by atoms with van der Waals surface area (Å²) in [6, 6.07) is 9.31. The zero-order valence-corrected chi connectivity index (χ0v) is 12.4. The molecule has 0 radical (unpaired) electrons. The van der Waals surface area contributed by atoms with Crippen LogP contribution in [0, 0.1) is 6.92 Å². The van der Waals surface area contributed by atoms with E-state index in [1.165, 1.54) is 11.1 Å². The predicted octanol–water partition coefficient (Wildman–Crippen LogP) is 2.81. The molecule has 1 aromatic rings. The smallest absolute Gasteiger partial charge is 0.0741 e. The van der Waals surface area contributed by atoms with E-state index in [0.717, 1.165) is 52.0 Å². The molecule has 2 fully saturated rings. The van der Waals surface area contributed by atoms with Crippen LogP contribution in [0.4, 0.5) is 0 Å². The van der Waals surface area contributed by atoms with Gasteiger partial charge >= 0.3 is 0 Å². The van der Waals surface area contributed by atoms with Crippen LogP contribution in [0.15, 0.2) is 24.3 Å². The van der Waals surface area contributed by atoms with Crippen molar-refractivity contribution in [2.24, 2.45) is 0 Å². The van der Waals surface area contributed by atoms with Gasteiger partial charge in [0.15, 0.2) is 0 Å². The monoisotopic (exact) mass is 275 g/mol. The summed E-state index contributed by atoms with van der Waals surface area (Å²) in [5.74, 6) is 0. The van der Waals surface area contributed by atoms with Gasteiger partial charge in [-0.05, 0) is 38.2 Å². The molecule has 3 nitrogen and oxygen atoms in total. The summed E-state index contributed by atoms with van der Waals surface area (Å²) in [4.78, 5) is 0. The fourth-order valence-corrected chi connectivity index (χ4v) is 3.38. The molecule has 1 spiro atoms. The van der Waals surface area contributed by atoms with Crippen molar-refractivity contribution < 1.29 is 9.47 Å². The highest BCUT2D eigenvalue weighted by atomic mass is 16.5. The maximum absolute atomic E-state index is 6.09. The van der Waals surface area contributed by atoms with Crippen molar-refractivity contribution in [3.63, 3.8) is 0 Å². The van der Waals surface area contributed by atoms with Gasteiger partial charge in [-0.3, -0.25) is 0 Å². The molecule has 0 aliphatic carbocycles. The molecular formula is C17H25NO2. The van der Waals surface area contributed by atoms with Crippen molar-refractivity contribution in [2.75, 3.05) is 19.8 Å². The molecular weight excluding hydrogens is 250 g/mol. The number of benzene rings is 1. The van der Waals surface area contributed by atoms with Crippen LogP contribution in [0.5, 0.6) is 0 Å². The minimum Gasteiger partial charge on any atom is -0.381 e. The third-order valence-corrected chi connectivity index (χ3v) is 4.57. The molecule has 0 aromatic heterocycles. The molecule has 110 valence electrons. The Balaban J connectivity index is 1.55. The van der Waals surface area contributed by atoms with Gasteiger partial charge in [-0.1, -0.05) is 29.8 Å². The zero-order chi connectivity index (χ0) is 13.8. The first kappa shape index (κ1) is 14.1. The van der Waals surface area contributed by atoms with Crippen LogP contribution in [0.2, 0.25) is 0 Å². The Labute approximate surface area is 121 Å². The van der Waals surface area contributed by atoms with E-state index in [9.17, 15) is 0 Å². The molecule has 3 rings (SSSR count). The average molecular weight is 275 g/mol. The Hall–Kier alpha value is -0.900. The van der Waals surface area contributed by atoms with E-state index in [1.807, 2.05) is 0 Å². The largest absolute Gasteiger partial charge is 0.381 e. The van der Waals surface area contributed by atoms with Crippen LogP contribution in [0.1, 0.15) is 36.8 Å². The first-order chi connectivity index (χ1) is 9.76. The number of hydrogen-bond acceptors (Lipinski definition) is 3. The molecule has 2 saturated heterocycles. The number of rotatable bonds is 3. The Morgan fingerprint density at radius 2 is 2.10 bits per heavy atom. The van der Waals surface area contributed by atoms with Gasteiger partial charge in [0.1, 0.15) is 0 Å². The van der Waals surface area contributed by atoms with Crippen molar-refractivity contribution >= 4 is 0 Å². The third kappa shape index (κ3) is 3.40. The Kier molecular flexibility index (Phi) is 4.39. The van der Waals surface area contributed by atoms with Gasteiger partial charge in [0, 0.05) is 32.4 Å². The first-order valence-corrected chi connectivity index (χ1v) is 7.76. The van der Waals surface area contributed by atoms with E-state index in [4.69, 9.17) is 9.47 Å². The summed E-state index contributed by atoms with van der Waals surface area (Å²) in [7, 11) is 0. The van der Waals surface area contributed by atoms with E-state index in [0.29, 0.717) is 6.04 Å². The minimum atomic E-state index is 0.0841. The van der Waals surface area contributed by atoms with E-state index in [1.54, 1.807) is 0 Å². The second kappa shape index (κ2) is 6.25. The molecule has 20 heavy (non-hydrogen) atoms. The third-order valence-electron chi connectivity index (χ3n) is 4.57. The topological polar surface area (TPSA) is 30.5 Å². The van der Waals surface area contributed by atoms with Gasteiger partial charge in [-0.25, -0.2) is 0 Å². The van der Waals surface area contributed by atoms with Gasteiger partial charge in [0.2, 0.25) is 0 Å². The highest BCUT2D eigenvalue weighted by Crippen LogP contribution is 2.34. The second-order valence-corrected chi connectivity index (χ2v) is 6.20. The summed E-state index contributed by atoms with van der Waals surface area (Å²) >= 11 is 0. The van der Waals surface area contributed by atoms with E-state index < -0.39 is 0 Å². The van der Waals surface area contributed by atoms with Crippen LogP contribution in [0.3, 0.4) is 0 Å². The molecule has 1 atom stereocenters. The van der Waals surface area contributed by atoms with Crippen LogP contribution >= 0.6 is 0 Å². The van der Waals surface area contributed by atoms with Crippen molar-refractivity contribution in [3.05, 3.63) is 35.4 Å². The SMILES string of the molecule is Cc1cccc(CNC2CCOC3(CCOCC3)C2)c1. The zero-order valence-electron chi connectivity index (χ0n) is 12.4. The molecule has 1 unspecified atom stereocenters. The molecule has 0 amide bonds. The molecule has 0 bridgehead atoms. The van der Waals surface area contributed by atoms with E-state index in [-0.39, 0.29) is 5.60 Å². The maximum Gasteiger partial charge on any atom is 0.0741 e. The fourth-order valence-electron chi connectivity index (χ4n) is 3.38. The molecule has 1 N–H and O–H groups in total. The molecule has 3 heteroatoms. The van der Waals surface area contributed by atoms with Crippen LogP contribution in [-0.4, -0.2) is 31.5 Å². The number of nitrogens with one attached hydrogen (secondary N) is 1. The van der Waals surface area contributed by atoms with E-state index >= 15 is 0 Å². The Bertz CT molecular complexity index is 435. The van der Waals surface area contributed by atoms with Crippen LogP contribution in [0.25, 0.3) is 0 Å². The molecule has 0 saturated carbocycles. The lowest BCUT2D eigenvalue weighted by atomic mass is 9.84. The van der Waals surface area contributed by atoms with Crippen molar-refractivity contribution in [2.45, 2.75) is 50.8 Å². The molecule has 2 aliphatic heterocycles. The van der Waals surface area contributed by atoms with Gasteiger partial charge in [0.05, 0.1) is 5.60 Å². The minimum absolute atomic E-state index is 0.0841. The van der Waals surface area contributed by atoms with Gasteiger partial charge in [-0.2, -0.15) is 0 Å². The predicted molar refractivity (Wildman–Crippen MR) is 79.8 cm³/mol. The summed E-state index contributed by atoms with van der Waals surface area (Å²) in [5, 5.41) is 3.72. The first-order valence-electron chi connectivity index (χ1n) is 7.76. The lowest BCUT2D eigenvalue weighted by molar-refractivity contribution is -0.140. The summed E-state index contributed by atoms with van der Waals surface area (Å²) in [6.07, 6.45) is 4.35. The fraction of sp³-hybridized carbons (Fsp3) is 0.647. The second-order valence-electron chi connectivity index (χ2n) is 6.20. The van der Waals surface area contributed by atoms with Crippen molar-refractivity contribution in [1.82, 2.24) is 5.32 Å². The molecule has 2 heterocycles. The summed E-state index contributed by atoms with van der Waals surface area (Å²) < 4.78 is 11.6. The van der Waals surface area contributed by atoms with Crippen molar-refractivity contribution in [3.8, 4) is 0 Å². The Morgan fingerprint density at radius 3 is 2.90 bits per heavy atom. The highest BCUT2D eigenvalue weighted by molar-refractivity contribution is 5.22. The molecule has 1 aromatic carbocycles. The normalized spacial score (nSPS) is 25.8. The summed E-state index contributed by atoms with van der Waals surface area (Å²) in [5.41, 5.74) is 2.79. The van der Waals surface area contributed by atoms with Crippen LogP contribution in [-0.2, 0) is 16.0 Å². The van der Waals surface area contributed by atoms with Crippen molar-refractivity contribution in [1.29, 1.82) is 0 Å². The van der Waals surface area contributed by atoms with Crippen LogP contribution < -0.4 is 5.32 Å². The Morgan fingerprint density at radius 1 is 1.25 bits per heavy atom. The standard InChI is InChI=1S/C17H25NO2/c1-14-3-2-4-15(11-14)13-18-16-5-8-20-17(12-16)6-9-19-10-7-17/h2-4,11,16,18H,5-10,12-13H2,1H3. The van der Waals surface area contributed by atoms with Gasteiger partial charge in [-0.15, -0.1) is 0 Å². The highest BCUT2D eigenvalue weighted by Gasteiger charge is 2.38. The quantitative estimate of drug-likeness (QED) is 0.920. The maximum atomic E-state index is 6.09. The molecule has 2 aliphatic rings. The number of aryl methyl sites for hydroxylation is 1. The lowest BCUT2D eigenvalue weighted by Crippen LogP contribution is -2.49. The van der Waals surface area contributed by atoms with Gasteiger partial charge < -0.3 is 14.8 Å². The number of ether oxygens (including phenoxy) is 2. The lowest BCUT2D eigenvalue weighted by Gasteiger charge is -2.43. The summed E-state index contributed by atoms with van der Waals surface area (Å²) in [6.45, 7) is 5.69.